The normalized spacial score (nSPS) is 10.8. The molecule has 0 amide bonds. The summed E-state index contributed by atoms with van der Waals surface area (Å²) in [4.78, 5) is 10.9. The van der Waals surface area contributed by atoms with Gasteiger partial charge in [-0.1, -0.05) is 5.16 Å². The molecule has 0 aliphatic rings. The molecule has 0 saturated heterocycles. The van der Waals surface area contributed by atoms with Crippen LogP contribution in [0.4, 0.5) is 0 Å². The third-order valence-electron chi connectivity index (χ3n) is 3.24. The molecule has 2 aromatic heterocycles. The molecule has 0 spiro atoms. The highest BCUT2D eigenvalue weighted by molar-refractivity contribution is 5.77. The first kappa shape index (κ1) is 11.6. The Kier molecular flexibility index (Phi) is 2.88. The van der Waals surface area contributed by atoms with Crippen molar-refractivity contribution in [3.05, 3.63) is 40.0 Å². The number of aromatic nitrogens is 2. The third-order valence-corrected chi connectivity index (χ3v) is 3.24. The maximum absolute atomic E-state index is 10.9. The molecule has 0 N–H and O–H groups in total. The van der Waals surface area contributed by atoms with Crippen LogP contribution in [0.25, 0.3) is 0 Å². The monoisotopic (exact) mass is 232 g/mol. The molecule has 17 heavy (non-hydrogen) atoms. The number of hydrogen-bond donors (Lipinski definition) is 0. The predicted molar refractivity (Wildman–Crippen MR) is 64.4 cm³/mol. The molecule has 4 nitrogen and oxygen atoms in total. The fraction of sp³-hybridized carbons (Fsp3) is 0.385. The SMILES string of the molecule is Cc1noc(C)c1Cn1c(C)cc(C=O)c1C. The summed E-state index contributed by atoms with van der Waals surface area (Å²) in [5.74, 6) is 0.836. The Morgan fingerprint density at radius 1 is 1.35 bits per heavy atom. The van der Waals surface area contributed by atoms with Crippen LogP contribution in [-0.2, 0) is 6.54 Å². The number of aldehydes is 1. The van der Waals surface area contributed by atoms with Crippen LogP contribution < -0.4 is 0 Å². The highest BCUT2D eigenvalue weighted by Gasteiger charge is 2.13. The second-order valence-corrected chi connectivity index (χ2v) is 4.33. The van der Waals surface area contributed by atoms with Crippen LogP contribution in [0.1, 0.15) is 38.8 Å². The molecule has 4 heteroatoms. The van der Waals surface area contributed by atoms with Gasteiger partial charge >= 0.3 is 0 Å². The number of carbonyl (C=O) groups is 1. The number of rotatable bonds is 3. The molecule has 90 valence electrons. The summed E-state index contributed by atoms with van der Waals surface area (Å²) in [5, 5.41) is 3.94. The van der Waals surface area contributed by atoms with Gasteiger partial charge in [-0.15, -0.1) is 0 Å². The van der Waals surface area contributed by atoms with Crippen molar-refractivity contribution in [2.45, 2.75) is 34.2 Å². The molecule has 0 aliphatic heterocycles. The molecule has 2 aromatic rings. The van der Waals surface area contributed by atoms with Crippen molar-refractivity contribution < 1.29 is 9.32 Å². The van der Waals surface area contributed by atoms with Crippen molar-refractivity contribution in [1.82, 2.24) is 9.72 Å². The van der Waals surface area contributed by atoms with Crippen molar-refractivity contribution in [2.75, 3.05) is 0 Å². The fourth-order valence-electron chi connectivity index (χ4n) is 2.08. The van der Waals surface area contributed by atoms with Crippen molar-refractivity contribution >= 4 is 6.29 Å². The second-order valence-electron chi connectivity index (χ2n) is 4.33. The largest absolute Gasteiger partial charge is 0.361 e. The maximum Gasteiger partial charge on any atom is 0.151 e. The first-order valence-corrected chi connectivity index (χ1v) is 5.58. The van der Waals surface area contributed by atoms with E-state index >= 15 is 0 Å². The van der Waals surface area contributed by atoms with Crippen molar-refractivity contribution in [3.63, 3.8) is 0 Å². The summed E-state index contributed by atoms with van der Waals surface area (Å²) in [7, 11) is 0. The van der Waals surface area contributed by atoms with Crippen LogP contribution in [-0.4, -0.2) is 16.0 Å². The topological polar surface area (TPSA) is 48.0 Å². The molecule has 2 heterocycles. The molecule has 0 aliphatic carbocycles. The summed E-state index contributed by atoms with van der Waals surface area (Å²) in [6.45, 7) is 8.49. The summed E-state index contributed by atoms with van der Waals surface area (Å²) in [5.41, 5.74) is 4.79. The zero-order valence-corrected chi connectivity index (χ0v) is 10.6. The second kappa shape index (κ2) is 4.20. The van der Waals surface area contributed by atoms with Crippen LogP contribution in [0, 0.1) is 27.7 Å². The maximum atomic E-state index is 10.9. The van der Waals surface area contributed by atoms with Gasteiger partial charge in [0.15, 0.2) is 6.29 Å². The zero-order valence-electron chi connectivity index (χ0n) is 10.6. The summed E-state index contributed by atoms with van der Waals surface area (Å²) in [6.07, 6.45) is 0.895. The molecule has 0 atom stereocenters. The highest BCUT2D eigenvalue weighted by atomic mass is 16.5. The van der Waals surface area contributed by atoms with E-state index in [-0.39, 0.29) is 0 Å². The number of hydrogen-bond acceptors (Lipinski definition) is 3. The Hall–Kier alpha value is -1.84. The molecular formula is C13H16N2O2. The van der Waals surface area contributed by atoms with Gasteiger partial charge in [-0.25, -0.2) is 0 Å². The average molecular weight is 232 g/mol. The minimum Gasteiger partial charge on any atom is -0.361 e. The minimum atomic E-state index is 0.701. The van der Waals surface area contributed by atoms with E-state index in [1.807, 2.05) is 33.8 Å². The first-order valence-electron chi connectivity index (χ1n) is 5.58. The Balaban J connectivity index is 2.43. The van der Waals surface area contributed by atoms with Crippen molar-refractivity contribution in [2.24, 2.45) is 0 Å². The molecule has 0 unspecified atom stereocenters. The van der Waals surface area contributed by atoms with Crippen molar-refractivity contribution in [1.29, 1.82) is 0 Å². The lowest BCUT2D eigenvalue weighted by Crippen LogP contribution is -2.05. The lowest BCUT2D eigenvalue weighted by atomic mass is 10.2. The van der Waals surface area contributed by atoms with Gasteiger partial charge in [0.1, 0.15) is 5.76 Å². The van der Waals surface area contributed by atoms with E-state index in [9.17, 15) is 4.79 Å². The quantitative estimate of drug-likeness (QED) is 0.764. The highest BCUT2D eigenvalue weighted by Crippen LogP contribution is 2.19. The molecule has 0 bridgehead atoms. The smallest absolute Gasteiger partial charge is 0.151 e. The Morgan fingerprint density at radius 2 is 2.06 bits per heavy atom. The van der Waals surface area contributed by atoms with E-state index in [4.69, 9.17) is 4.52 Å². The van der Waals surface area contributed by atoms with E-state index in [0.717, 1.165) is 40.3 Å². The number of aryl methyl sites for hydroxylation is 3. The standard InChI is InChI=1S/C13H16N2O2/c1-8-5-12(7-16)10(3)15(8)6-13-9(2)14-17-11(13)4/h5,7H,6H2,1-4H3. The van der Waals surface area contributed by atoms with E-state index in [1.165, 1.54) is 0 Å². The van der Waals surface area contributed by atoms with Gasteiger partial charge in [0.05, 0.1) is 12.2 Å². The van der Waals surface area contributed by atoms with Crippen molar-refractivity contribution in [3.8, 4) is 0 Å². The van der Waals surface area contributed by atoms with Crippen LogP contribution in [0.15, 0.2) is 10.6 Å². The van der Waals surface area contributed by atoms with E-state index in [0.29, 0.717) is 6.54 Å². The average Bonchev–Trinajstić information content (AvgIpc) is 2.75. The minimum absolute atomic E-state index is 0.701. The molecule has 0 saturated carbocycles. The fourth-order valence-corrected chi connectivity index (χ4v) is 2.08. The molecule has 0 radical (unpaired) electrons. The van der Waals surface area contributed by atoms with Gasteiger partial charge in [0.2, 0.25) is 0 Å². The Morgan fingerprint density at radius 3 is 2.53 bits per heavy atom. The van der Waals surface area contributed by atoms with Gasteiger partial charge in [0.25, 0.3) is 0 Å². The summed E-state index contributed by atoms with van der Waals surface area (Å²) in [6, 6.07) is 1.90. The Labute approximate surface area is 100 Å². The van der Waals surface area contributed by atoms with Crippen LogP contribution in [0.3, 0.4) is 0 Å². The van der Waals surface area contributed by atoms with Gasteiger partial charge < -0.3 is 9.09 Å². The van der Waals surface area contributed by atoms with E-state index in [1.54, 1.807) is 0 Å². The van der Waals surface area contributed by atoms with Gasteiger partial charge in [-0.3, -0.25) is 4.79 Å². The third kappa shape index (κ3) is 1.90. The Bertz CT molecular complexity index is 545. The van der Waals surface area contributed by atoms with Crippen LogP contribution >= 0.6 is 0 Å². The van der Waals surface area contributed by atoms with Crippen LogP contribution in [0.2, 0.25) is 0 Å². The van der Waals surface area contributed by atoms with Gasteiger partial charge in [-0.05, 0) is 33.8 Å². The number of carbonyl (C=O) groups excluding carboxylic acids is 1. The first-order chi connectivity index (χ1) is 8.04. The van der Waals surface area contributed by atoms with Gasteiger partial charge in [0, 0.05) is 22.5 Å². The lowest BCUT2D eigenvalue weighted by molar-refractivity contribution is 0.112. The van der Waals surface area contributed by atoms with Crippen LogP contribution in [0.5, 0.6) is 0 Å². The summed E-state index contributed by atoms with van der Waals surface area (Å²) < 4.78 is 7.25. The molecule has 0 fully saturated rings. The molecule has 0 aromatic carbocycles. The van der Waals surface area contributed by atoms with E-state index < -0.39 is 0 Å². The summed E-state index contributed by atoms with van der Waals surface area (Å²) >= 11 is 0. The zero-order chi connectivity index (χ0) is 12.6. The number of nitrogens with zero attached hydrogens (tertiary/aromatic N) is 2. The van der Waals surface area contributed by atoms with E-state index in [2.05, 4.69) is 9.72 Å². The molecule has 2 rings (SSSR count). The lowest BCUT2D eigenvalue weighted by Gasteiger charge is -2.08. The van der Waals surface area contributed by atoms with Gasteiger partial charge in [-0.2, -0.15) is 0 Å². The predicted octanol–water partition coefficient (Wildman–Crippen LogP) is 2.57. The molecular weight excluding hydrogens is 216 g/mol.